The molecule has 0 amide bonds. The van der Waals surface area contributed by atoms with Crippen molar-refractivity contribution < 1.29 is 5.11 Å². The molecule has 0 radical (unpaired) electrons. The molecule has 0 aromatic carbocycles. The molecule has 4 rings (SSSR count). The van der Waals surface area contributed by atoms with Crippen LogP contribution in [0.5, 0.6) is 0 Å². The second kappa shape index (κ2) is 5.39. The topological polar surface area (TPSA) is 69.0 Å². The van der Waals surface area contributed by atoms with Crippen molar-refractivity contribution in [3.63, 3.8) is 0 Å². The van der Waals surface area contributed by atoms with Gasteiger partial charge in [-0.25, -0.2) is 0 Å². The van der Waals surface area contributed by atoms with Crippen molar-refractivity contribution in [3.8, 4) is 0 Å². The highest BCUT2D eigenvalue weighted by atomic mass is 16.3. The molecule has 8 atom stereocenters. The van der Waals surface area contributed by atoms with Crippen LogP contribution in [0.1, 0.15) is 71.6 Å². The molecule has 0 bridgehead atoms. The molecule has 23 heavy (non-hydrogen) atoms. The number of fused-ring (bicyclic) bond motifs is 5. The summed E-state index contributed by atoms with van der Waals surface area (Å²) in [6.45, 7) is 4.90. The minimum absolute atomic E-state index is 0.0697. The van der Waals surface area contributed by atoms with Crippen LogP contribution in [0.4, 0.5) is 0 Å². The monoisotopic (exact) mass is 317 g/mol. The smallest absolute Gasteiger partial charge is 0.0596 e. The fourth-order valence-corrected chi connectivity index (χ4v) is 7.39. The molecule has 4 aliphatic rings. The molecule has 4 fully saturated rings. The van der Waals surface area contributed by atoms with E-state index in [1.165, 1.54) is 38.5 Å². The number of aliphatic hydroxyl groups is 1. The molecule has 0 aliphatic heterocycles. The van der Waals surface area contributed by atoms with E-state index in [0.717, 1.165) is 42.9 Å². The van der Waals surface area contributed by atoms with Crippen LogP contribution in [0.15, 0.2) is 5.11 Å². The molecule has 3 unspecified atom stereocenters. The zero-order valence-corrected chi connectivity index (χ0v) is 14.6. The number of aliphatic hydroxyl groups excluding tert-OH is 1. The minimum Gasteiger partial charge on any atom is -0.393 e. The normalized spacial score (nSPS) is 55.3. The summed E-state index contributed by atoms with van der Waals surface area (Å²) in [6.07, 6.45) is 10.7. The van der Waals surface area contributed by atoms with E-state index in [2.05, 4.69) is 23.9 Å². The van der Waals surface area contributed by atoms with Gasteiger partial charge in [0.25, 0.3) is 0 Å². The summed E-state index contributed by atoms with van der Waals surface area (Å²) < 4.78 is 0. The first kappa shape index (κ1) is 15.8. The highest BCUT2D eigenvalue weighted by Gasteiger charge is 2.59. The van der Waals surface area contributed by atoms with Gasteiger partial charge in [0.2, 0.25) is 0 Å². The molecule has 4 nitrogen and oxygen atoms in total. The molecule has 0 aromatic rings. The predicted molar refractivity (Wildman–Crippen MR) is 90.7 cm³/mol. The van der Waals surface area contributed by atoms with Crippen LogP contribution >= 0.6 is 0 Å². The van der Waals surface area contributed by atoms with Crippen LogP contribution in [-0.2, 0) is 0 Å². The molecule has 4 aliphatic carbocycles. The summed E-state index contributed by atoms with van der Waals surface area (Å²) in [7, 11) is 0. The average Bonchev–Trinajstić information content (AvgIpc) is 2.84. The molecule has 128 valence electrons. The molecule has 0 saturated heterocycles. The van der Waals surface area contributed by atoms with Crippen LogP contribution in [0.2, 0.25) is 0 Å². The number of hydrogen-bond donors (Lipinski definition) is 1. The van der Waals surface area contributed by atoms with Gasteiger partial charge >= 0.3 is 0 Å². The maximum Gasteiger partial charge on any atom is 0.0596 e. The summed E-state index contributed by atoms with van der Waals surface area (Å²) in [4.78, 5) is 3.06. The van der Waals surface area contributed by atoms with Gasteiger partial charge in [-0.3, -0.25) is 0 Å². The third-order valence-electron chi connectivity index (χ3n) is 8.80. The Morgan fingerprint density at radius 3 is 2.48 bits per heavy atom. The Kier molecular flexibility index (Phi) is 3.70. The lowest BCUT2D eigenvalue weighted by Crippen LogP contribution is -2.54. The second-order valence-corrected chi connectivity index (χ2v) is 9.43. The maximum absolute atomic E-state index is 10.5. The lowest BCUT2D eigenvalue weighted by atomic mass is 9.45. The van der Waals surface area contributed by atoms with Crippen LogP contribution < -0.4 is 0 Å². The second-order valence-electron chi connectivity index (χ2n) is 9.43. The Balaban J connectivity index is 1.58. The predicted octanol–water partition coefficient (Wildman–Crippen LogP) is 5.07. The minimum atomic E-state index is -0.0697. The van der Waals surface area contributed by atoms with Gasteiger partial charge in [0.05, 0.1) is 6.10 Å². The van der Waals surface area contributed by atoms with Crippen molar-refractivity contribution in [1.82, 2.24) is 0 Å². The molecule has 1 N–H and O–H groups in total. The Hall–Kier alpha value is -0.730. The van der Waals surface area contributed by atoms with E-state index in [1.54, 1.807) is 0 Å². The Bertz CT molecular complexity index is 531. The van der Waals surface area contributed by atoms with Gasteiger partial charge < -0.3 is 5.11 Å². The maximum atomic E-state index is 10.5. The van der Waals surface area contributed by atoms with E-state index in [0.29, 0.717) is 5.41 Å². The summed E-state index contributed by atoms with van der Waals surface area (Å²) in [6, 6.07) is 0.233. The fourth-order valence-electron chi connectivity index (χ4n) is 7.39. The quantitative estimate of drug-likeness (QED) is 0.409. The Labute approximate surface area is 139 Å². The molecule has 0 heterocycles. The van der Waals surface area contributed by atoms with Crippen LogP contribution in [-0.4, -0.2) is 17.3 Å². The van der Waals surface area contributed by atoms with E-state index in [1.807, 2.05) is 0 Å². The highest BCUT2D eigenvalue weighted by Crippen LogP contribution is 2.66. The van der Waals surface area contributed by atoms with Crippen LogP contribution in [0.25, 0.3) is 10.4 Å². The van der Waals surface area contributed by atoms with E-state index in [9.17, 15) is 5.11 Å². The van der Waals surface area contributed by atoms with Crippen molar-refractivity contribution in [2.24, 2.45) is 39.6 Å². The SMILES string of the molecule is C[C@]12CCC3C(CC[C@H]4C[C@H](N=[N+]=[N-])CC[C@]34C)C1CC[C@H]2O. The van der Waals surface area contributed by atoms with Crippen LogP contribution in [0, 0.1) is 34.5 Å². The lowest BCUT2D eigenvalue weighted by molar-refractivity contribution is -0.122. The highest BCUT2D eigenvalue weighted by molar-refractivity contribution is 5.09. The largest absolute Gasteiger partial charge is 0.393 e. The first-order chi connectivity index (χ1) is 11.0. The van der Waals surface area contributed by atoms with Gasteiger partial charge in [-0.2, -0.15) is 0 Å². The molecule has 4 saturated carbocycles. The van der Waals surface area contributed by atoms with Crippen molar-refractivity contribution in [3.05, 3.63) is 10.4 Å². The molecular weight excluding hydrogens is 286 g/mol. The van der Waals surface area contributed by atoms with E-state index >= 15 is 0 Å². The Morgan fingerprint density at radius 1 is 0.957 bits per heavy atom. The van der Waals surface area contributed by atoms with Crippen molar-refractivity contribution in [1.29, 1.82) is 0 Å². The first-order valence-electron chi connectivity index (χ1n) is 9.71. The van der Waals surface area contributed by atoms with Crippen molar-refractivity contribution >= 4 is 0 Å². The van der Waals surface area contributed by atoms with E-state index < -0.39 is 0 Å². The summed E-state index contributed by atoms with van der Waals surface area (Å²) >= 11 is 0. The number of azide groups is 1. The van der Waals surface area contributed by atoms with Crippen molar-refractivity contribution in [2.75, 3.05) is 0 Å². The molecular formula is C19H31N3O. The fraction of sp³-hybridized carbons (Fsp3) is 1.00. The molecule has 4 heteroatoms. The number of hydrogen-bond acceptors (Lipinski definition) is 2. The van der Waals surface area contributed by atoms with Gasteiger partial charge in [-0.15, -0.1) is 0 Å². The summed E-state index contributed by atoms with van der Waals surface area (Å²) in [5.41, 5.74) is 9.39. The summed E-state index contributed by atoms with van der Waals surface area (Å²) in [5.74, 6) is 3.13. The third kappa shape index (κ3) is 2.17. The van der Waals surface area contributed by atoms with Gasteiger partial charge in [-0.05, 0) is 97.8 Å². The van der Waals surface area contributed by atoms with Gasteiger partial charge in [0, 0.05) is 11.0 Å². The lowest BCUT2D eigenvalue weighted by Gasteiger charge is -2.60. The van der Waals surface area contributed by atoms with Crippen molar-refractivity contribution in [2.45, 2.75) is 83.8 Å². The molecule has 0 spiro atoms. The molecule has 0 aromatic heterocycles. The Morgan fingerprint density at radius 2 is 1.70 bits per heavy atom. The van der Waals surface area contributed by atoms with Gasteiger partial charge in [0.1, 0.15) is 0 Å². The standard InChI is InChI=1S/C19H31N3O/c1-18-9-7-13(21-22-20)11-12(18)3-4-14-15-5-6-17(23)19(15,2)10-8-16(14)18/h12-17,23H,3-11H2,1-2H3/t12-,13+,14?,15?,16?,17+,18-,19-/m0/s1. The van der Waals surface area contributed by atoms with Gasteiger partial charge in [-0.1, -0.05) is 19.0 Å². The van der Waals surface area contributed by atoms with E-state index in [-0.39, 0.29) is 17.6 Å². The first-order valence-corrected chi connectivity index (χ1v) is 9.71. The number of nitrogens with zero attached hydrogens (tertiary/aromatic N) is 3. The van der Waals surface area contributed by atoms with Crippen LogP contribution in [0.3, 0.4) is 0 Å². The zero-order valence-electron chi connectivity index (χ0n) is 14.6. The average molecular weight is 317 g/mol. The van der Waals surface area contributed by atoms with E-state index in [4.69, 9.17) is 5.53 Å². The third-order valence-corrected chi connectivity index (χ3v) is 8.80. The summed E-state index contributed by atoms with van der Waals surface area (Å²) in [5, 5.41) is 14.5. The zero-order chi connectivity index (χ0) is 16.2. The van der Waals surface area contributed by atoms with Gasteiger partial charge in [0.15, 0.2) is 0 Å². The number of rotatable bonds is 1.